The first kappa shape index (κ1) is 13.6. The number of carbonyl (C=O) groups is 1. The topological polar surface area (TPSA) is 26.3 Å². The van der Waals surface area contributed by atoms with E-state index in [1.165, 1.54) is 11.3 Å². The molecule has 2 nitrogen and oxygen atoms in total. The smallest absolute Gasteiger partial charge is 0.177 e. The van der Waals surface area contributed by atoms with Crippen molar-refractivity contribution in [1.29, 1.82) is 0 Å². The highest BCUT2D eigenvalue weighted by atomic mass is 79.9. The first-order valence-electron chi connectivity index (χ1n) is 5.21. The van der Waals surface area contributed by atoms with Crippen molar-refractivity contribution in [3.8, 4) is 5.75 Å². The van der Waals surface area contributed by atoms with Gasteiger partial charge in [-0.25, -0.2) is 0 Å². The second-order valence-electron chi connectivity index (χ2n) is 3.68. The SMILES string of the molecule is COc1cccc(CC(=O)c2cc(Br)c(Cl)s2)c1. The fourth-order valence-electron chi connectivity index (χ4n) is 1.54. The Balaban J connectivity index is 2.15. The standard InChI is InChI=1S/C13H10BrClO2S/c1-17-9-4-2-3-8(5-9)6-11(16)12-7-10(14)13(15)18-12/h2-5,7H,6H2,1H3. The number of hydrogen-bond donors (Lipinski definition) is 0. The molecule has 0 aliphatic heterocycles. The molecule has 2 aromatic rings. The first-order valence-corrected chi connectivity index (χ1v) is 7.20. The third-order valence-corrected chi connectivity index (χ3v) is 4.93. The van der Waals surface area contributed by atoms with Gasteiger partial charge in [-0.1, -0.05) is 23.7 Å². The largest absolute Gasteiger partial charge is 0.497 e. The summed E-state index contributed by atoms with van der Waals surface area (Å²) < 4.78 is 6.50. The van der Waals surface area contributed by atoms with E-state index in [0.717, 1.165) is 15.8 Å². The molecule has 0 radical (unpaired) electrons. The Labute approximate surface area is 123 Å². The number of methoxy groups -OCH3 is 1. The summed E-state index contributed by atoms with van der Waals surface area (Å²) in [5, 5.41) is 0. The molecule has 1 aromatic heterocycles. The molecule has 0 fully saturated rings. The fourth-order valence-corrected chi connectivity index (χ4v) is 3.18. The molecule has 0 bridgehead atoms. The minimum atomic E-state index is 0.0563. The molecule has 5 heteroatoms. The van der Waals surface area contributed by atoms with Crippen LogP contribution in [0.3, 0.4) is 0 Å². The van der Waals surface area contributed by atoms with Crippen molar-refractivity contribution in [1.82, 2.24) is 0 Å². The first-order chi connectivity index (χ1) is 8.60. The summed E-state index contributed by atoms with van der Waals surface area (Å²) >= 11 is 10.5. The Kier molecular flexibility index (Phi) is 4.43. The molecule has 0 aliphatic rings. The number of benzene rings is 1. The highest BCUT2D eigenvalue weighted by Crippen LogP contribution is 2.32. The zero-order valence-corrected chi connectivity index (χ0v) is 12.7. The monoisotopic (exact) mass is 344 g/mol. The lowest BCUT2D eigenvalue weighted by atomic mass is 10.1. The number of rotatable bonds is 4. The molecule has 1 heterocycles. The van der Waals surface area contributed by atoms with E-state index in [4.69, 9.17) is 16.3 Å². The van der Waals surface area contributed by atoms with Gasteiger partial charge < -0.3 is 4.74 Å². The van der Waals surface area contributed by atoms with Crippen molar-refractivity contribution in [2.24, 2.45) is 0 Å². The molecular weight excluding hydrogens is 336 g/mol. The van der Waals surface area contributed by atoms with Crippen LogP contribution >= 0.6 is 38.9 Å². The summed E-state index contributed by atoms with van der Waals surface area (Å²) in [5.41, 5.74) is 0.931. The van der Waals surface area contributed by atoms with Crippen LogP contribution in [0.4, 0.5) is 0 Å². The van der Waals surface area contributed by atoms with E-state index in [1.54, 1.807) is 13.2 Å². The van der Waals surface area contributed by atoms with Crippen LogP contribution in [-0.4, -0.2) is 12.9 Å². The van der Waals surface area contributed by atoms with Crippen molar-refractivity contribution in [2.75, 3.05) is 7.11 Å². The van der Waals surface area contributed by atoms with E-state index in [9.17, 15) is 4.79 Å². The number of carbonyl (C=O) groups excluding carboxylic acids is 1. The molecule has 0 unspecified atom stereocenters. The maximum absolute atomic E-state index is 12.1. The average molecular weight is 346 g/mol. The molecule has 0 N–H and O–H groups in total. The second kappa shape index (κ2) is 5.87. The van der Waals surface area contributed by atoms with Crippen LogP contribution in [0.15, 0.2) is 34.8 Å². The number of hydrogen-bond acceptors (Lipinski definition) is 3. The molecule has 2 rings (SSSR count). The predicted octanol–water partition coefficient (Wildman–Crippen LogP) is 4.60. The van der Waals surface area contributed by atoms with Gasteiger partial charge in [-0.2, -0.15) is 0 Å². The van der Waals surface area contributed by atoms with Gasteiger partial charge in [0.2, 0.25) is 0 Å². The Morgan fingerprint density at radius 3 is 2.83 bits per heavy atom. The van der Waals surface area contributed by atoms with Crippen molar-refractivity contribution >= 4 is 44.7 Å². The van der Waals surface area contributed by atoms with Gasteiger partial charge in [0.25, 0.3) is 0 Å². The zero-order chi connectivity index (χ0) is 13.1. The summed E-state index contributed by atoms with van der Waals surface area (Å²) in [6, 6.07) is 9.26. The molecule has 1 aromatic carbocycles. The second-order valence-corrected chi connectivity index (χ2v) is 6.19. The predicted molar refractivity (Wildman–Crippen MR) is 78.1 cm³/mol. The average Bonchev–Trinajstić information content (AvgIpc) is 2.70. The fraction of sp³-hybridized carbons (Fsp3) is 0.154. The number of halogens is 2. The van der Waals surface area contributed by atoms with Gasteiger partial charge in [0.15, 0.2) is 5.78 Å². The van der Waals surface area contributed by atoms with E-state index in [0.29, 0.717) is 15.6 Å². The normalized spacial score (nSPS) is 10.4. The molecule has 0 aliphatic carbocycles. The highest BCUT2D eigenvalue weighted by Gasteiger charge is 2.13. The van der Waals surface area contributed by atoms with E-state index in [-0.39, 0.29) is 5.78 Å². The molecule has 0 spiro atoms. The zero-order valence-electron chi connectivity index (χ0n) is 9.57. The minimum absolute atomic E-state index is 0.0563. The van der Waals surface area contributed by atoms with Crippen molar-refractivity contribution < 1.29 is 9.53 Å². The Hall–Kier alpha value is -0.840. The van der Waals surface area contributed by atoms with Gasteiger partial charge in [0.05, 0.1) is 12.0 Å². The van der Waals surface area contributed by atoms with Crippen LogP contribution in [0.2, 0.25) is 4.34 Å². The molecular formula is C13H10BrClO2S. The highest BCUT2D eigenvalue weighted by molar-refractivity contribution is 9.10. The molecule has 0 atom stereocenters. The van der Waals surface area contributed by atoms with Crippen LogP contribution in [0.25, 0.3) is 0 Å². The van der Waals surface area contributed by atoms with E-state index >= 15 is 0 Å². The van der Waals surface area contributed by atoms with Crippen molar-refractivity contribution in [2.45, 2.75) is 6.42 Å². The van der Waals surface area contributed by atoms with E-state index in [1.807, 2.05) is 24.3 Å². The molecule has 94 valence electrons. The molecule has 18 heavy (non-hydrogen) atoms. The van der Waals surface area contributed by atoms with Gasteiger partial charge in [-0.15, -0.1) is 11.3 Å². The van der Waals surface area contributed by atoms with Crippen LogP contribution in [-0.2, 0) is 6.42 Å². The van der Waals surface area contributed by atoms with Gasteiger partial charge in [-0.05, 0) is 39.7 Å². The quantitative estimate of drug-likeness (QED) is 0.757. The van der Waals surface area contributed by atoms with Crippen LogP contribution in [0.1, 0.15) is 15.2 Å². The Morgan fingerprint density at radius 1 is 1.44 bits per heavy atom. The Morgan fingerprint density at radius 2 is 2.22 bits per heavy atom. The lowest BCUT2D eigenvalue weighted by Gasteiger charge is -2.02. The number of ether oxygens (including phenoxy) is 1. The van der Waals surface area contributed by atoms with E-state index < -0.39 is 0 Å². The lowest BCUT2D eigenvalue weighted by Crippen LogP contribution is -2.01. The van der Waals surface area contributed by atoms with Gasteiger partial charge in [-0.3, -0.25) is 4.79 Å². The minimum Gasteiger partial charge on any atom is -0.497 e. The van der Waals surface area contributed by atoms with Crippen LogP contribution < -0.4 is 4.74 Å². The summed E-state index contributed by atoms with van der Waals surface area (Å²) in [4.78, 5) is 12.7. The summed E-state index contributed by atoms with van der Waals surface area (Å²) in [6.45, 7) is 0. The molecule has 0 saturated heterocycles. The maximum Gasteiger partial charge on any atom is 0.177 e. The number of thiophene rings is 1. The third-order valence-electron chi connectivity index (χ3n) is 2.42. The summed E-state index contributed by atoms with van der Waals surface area (Å²) in [5.74, 6) is 0.812. The van der Waals surface area contributed by atoms with Gasteiger partial charge in [0, 0.05) is 10.9 Å². The van der Waals surface area contributed by atoms with E-state index in [2.05, 4.69) is 15.9 Å². The van der Waals surface area contributed by atoms with Gasteiger partial charge >= 0.3 is 0 Å². The van der Waals surface area contributed by atoms with Crippen molar-refractivity contribution in [3.63, 3.8) is 0 Å². The molecule has 0 saturated carbocycles. The maximum atomic E-state index is 12.1. The summed E-state index contributed by atoms with van der Waals surface area (Å²) in [6.07, 6.45) is 0.348. The number of Topliss-reactive ketones (excluding diaryl/α,β-unsaturated/α-hetero) is 1. The lowest BCUT2D eigenvalue weighted by molar-refractivity contribution is 0.0997. The van der Waals surface area contributed by atoms with Gasteiger partial charge in [0.1, 0.15) is 10.1 Å². The van der Waals surface area contributed by atoms with Crippen molar-refractivity contribution in [3.05, 3.63) is 49.6 Å². The Bertz CT molecular complexity index is 561. The number of ketones is 1. The van der Waals surface area contributed by atoms with Crippen LogP contribution in [0, 0.1) is 0 Å². The summed E-state index contributed by atoms with van der Waals surface area (Å²) in [7, 11) is 1.61. The molecule has 0 amide bonds. The third kappa shape index (κ3) is 3.13. The van der Waals surface area contributed by atoms with Crippen LogP contribution in [0.5, 0.6) is 5.75 Å².